The number of sulfonamides is 1. The van der Waals surface area contributed by atoms with Crippen LogP contribution in [0.5, 0.6) is 11.5 Å². The molecule has 136 valence electrons. The maximum Gasteiger partial charge on any atom is 0.249 e. The smallest absolute Gasteiger partial charge is 0.249 e. The van der Waals surface area contributed by atoms with Crippen molar-refractivity contribution in [1.29, 1.82) is 0 Å². The second kappa shape index (κ2) is 7.50. The first-order chi connectivity index (χ1) is 12.5. The molecular weight excluding hydrogens is 360 g/mol. The van der Waals surface area contributed by atoms with Gasteiger partial charge in [0.2, 0.25) is 21.8 Å². The fraction of sp³-hybridized carbons (Fsp3) is 0.188. The lowest BCUT2D eigenvalue weighted by atomic mass is 10.3. The van der Waals surface area contributed by atoms with Gasteiger partial charge in [-0.05, 0) is 24.3 Å². The van der Waals surface area contributed by atoms with Crippen molar-refractivity contribution in [3.8, 4) is 23.0 Å². The topological polar surface area (TPSA) is 116 Å². The Bertz CT molecular complexity index is 989. The van der Waals surface area contributed by atoms with Gasteiger partial charge in [-0.2, -0.15) is 0 Å². The Hall–Kier alpha value is -2.98. The third kappa shape index (κ3) is 3.81. The third-order valence-corrected chi connectivity index (χ3v) is 4.85. The summed E-state index contributed by atoms with van der Waals surface area (Å²) in [5, 5.41) is 7.72. The molecule has 0 radical (unpaired) electrons. The van der Waals surface area contributed by atoms with Crippen LogP contribution in [0.1, 0.15) is 5.89 Å². The van der Waals surface area contributed by atoms with Gasteiger partial charge in [-0.25, -0.2) is 13.1 Å². The van der Waals surface area contributed by atoms with Crippen molar-refractivity contribution in [1.82, 2.24) is 19.9 Å². The summed E-state index contributed by atoms with van der Waals surface area (Å²) in [7, 11) is -0.895. The number of hydrogen-bond acceptors (Lipinski definition) is 8. The van der Waals surface area contributed by atoms with Crippen molar-refractivity contribution in [3.05, 3.63) is 48.6 Å². The Morgan fingerprint density at radius 1 is 1.12 bits per heavy atom. The molecule has 2 heterocycles. The highest BCUT2D eigenvalue weighted by atomic mass is 32.2. The summed E-state index contributed by atoms with van der Waals surface area (Å²) in [4.78, 5) is 3.99. The highest BCUT2D eigenvalue weighted by Gasteiger charge is 2.18. The SMILES string of the molecule is COc1ccc(S(=O)(=O)NCc2nnc(-c3cccnc3)o2)cc1OC. The average Bonchev–Trinajstić information content (AvgIpc) is 3.15. The molecule has 0 aliphatic rings. The highest BCUT2D eigenvalue weighted by molar-refractivity contribution is 7.89. The number of nitrogens with zero attached hydrogens (tertiary/aromatic N) is 3. The van der Waals surface area contributed by atoms with Crippen LogP contribution in [0.25, 0.3) is 11.5 Å². The number of nitrogens with one attached hydrogen (secondary N) is 1. The van der Waals surface area contributed by atoms with Gasteiger partial charge in [0.05, 0.1) is 31.2 Å². The molecule has 0 saturated heterocycles. The van der Waals surface area contributed by atoms with Gasteiger partial charge in [0, 0.05) is 18.5 Å². The van der Waals surface area contributed by atoms with Crippen LogP contribution in [0.3, 0.4) is 0 Å². The summed E-state index contributed by atoms with van der Waals surface area (Å²) >= 11 is 0. The molecule has 0 atom stereocenters. The molecule has 2 aromatic heterocycles. The minimum atomic E-state index is -3.80. The van der Waals surface area contributed by atoms with Crippen molar-refractivity contribution in [3.63, 3.8) is 0 Å². The number of aromatic nitrogens is 3. The summed E-state index contributed by atoms with van der Waals surface area (Å²) in [6, 6.07) is 7.80. The molecule has 26 heavy (non-hydrogen) atoms. The molecule has 0 amide bonds. The molecule has 1 aromatic carbocycles. The molecule has 9 nitrogen and oxygen atoms in total. The summed E-state index contributed by atoms with van der Waals surface area (Å²) in [5.41, 5.74) is 0.647. The number of benzene rings is 1. The molecule has 0 aliphatic heterocycles. The molecule has 3 rings (SSSR count). The molecular formula is C16H16N4O5S. The van der Waals surface area contributed by atoms with Crippen molar-refractivity contribution in [2.75, 3.05) is 14.2 Å². The van der Waals surface area contributed by atoms with Crippen molar-refractivity contribution in [2.45, 2.75) is 11.4 Å². The Balaban J connectivity index is 1.74. The monoisotopic (exact) mass is 376 g/mol. The van der Waals surface area contributed by atoms with E-state index in [0.29, 0.717) is 17.1 Å². The fourth-order valence-corrected chi connectivity index (χ4v) is 3.14. The van der Waals surface area contributed by atoms with E-state index in [-0.39, 0.29) is 23.2 Å². The zero-order valence-corrected chi connectivity index (χ0v) is 14.9. The first kappa shape index (κ1) is 17.8. The molecule has 0 aliphatic carbocycles. The molecule has 0 fully saturated rings. The van der Waals surface area contributed by atoms with E-state index in [1.54, 1.807) is 24.5 Å². The Morgan fingerprint density at radius 3 is 2.62 bits per heavy atom. The third-order valence-electron chi connectivity index (χ3n) is 3.45. The predicted molar refractivity (Wildman–Crippen MR) is 91.1 cm³/mol. The van der Waals surface area contributed by atoms with E-state index in [0.717, 1.165) is 0 Å². The largest absolute Gasteiger partial charge is 0.493 e. The maximum atomic E-state index is 12.4. The van der Waals surface area contributed by atoms with Crippen molar-refractivity contribution >= 4 is 10.0 Å². The van der Waals surface area contributed by atoms with Crippen LogP contribution in [-0.4, -0.2) is 37.8 Å². The van der Waals surface area contributed by atoms with E-state index in [9.17, 15) is 8.42 Å². The highest BCUT2D eigenvalue weighted by Crippen LogP contribution is 2.29. The van der Waals surface area contributed by atoms with Gasteiger partial charge in [0.1, 0.15) is 0 Å². The molecule has 0 unspecified atom stereocenters. The van der Waals surface area contributed by atoms with Crippen LogP contribution in [0, 0.1) is 0 Å². The number of ether oxygens (including phenoxy) is 2. The minimum Gasteiger partial charge on any atom is -0.493 e. The number of rotatable bonds is 7. The summed E-state index contributed by atoms with van der Waals surface area (Å²) in [6.07, 6.45) is 3.20. The van der Waals surface area contributed by atoms with E-state index < -0.39 is 10.0 Å². The van der Waals surface area contributed by atoms with Crippen LogP contribution >= 0.6 is 0 Å². The van der Waals surface area contributed by atoms with Gasteiger partial charge in [0.15, 0.2) is 11.5 Å². The van der Waals surface area contributed by atoms with E-state index in [2.05, 4.69) is 19.9 Å². The van der Waals surface area contributed by atoms with Crippen LogP contribution in [0.15, 0.2) is 52.0 Å². The van der Waals surface area contributed by atoms with Crippen molar-refractivity contribution in [2.24, 2.45) is 0 Å². The second-order valence-electron chi connectivity index (χ2n) is 5.08. The zero-order chi connectivity index (χ0) is 18.6. The second-order valence-corrected chi connectivity index (χ2v) is 6.85. The van der Waals surface area contributed by atoms with Crippen LogP contribution in [0.4, 0.5) is 0 Å². The van der Waals surface area contributed by atoms with Gasteiger partial charge in [-0.1, -0.05) is 0 Å². The van der Waals surface area contributed by atoms with E-state index >= 15 is 0 Å². The normalized spacial score (nSPS) is 11.3. The lowest BCUT2D eigenvalue weighted by Crippen LogP contribution is -2.23. The lowest BCUT2D eigenvalue weighted by molar-refractivity contribution is 0.354. The number of methoxy groups -OCH3 is 2. The molecule has 0 bridgehead atoms. The zero-order valence-electron chi connectivity index (χ0n) is 14.0. The Labute approximate surface area is 150 Å². The van der Waals surface area contributed by atoms with Gasteiger partial charge in [-0.15, -0.1) is 10.2 Å². The summed E-state index contributed by atoms with van der Waals surface area (Å²) < 4.78 is 43.0. The Morgan fingerprint density at radius 2 is 1.92 bits per heavy atom. The fourth-order valence-electron chi connectivity index (χ4n) is 2.15. The number of pyridine rings is 1. The maximum absolute atomic E-state index is 12.4. The van der Waals surface area contributed by atoms with Crippen LogP contribution in [-0.2, 0) is 16.6 Å². The predicted octanol–water partition coefficient (Wildman–Crippen LogP) is 1.63. The minimum absolute atomic E-state index is 0.0298. The van der Waals surface area contributed by atoms with E-state index in [4.69, 9.17) is 13.9 Å². The lowest BCUT2D eigenvalue weighted by Gasteiger charge is -2.10. The molecule has 0 saturated carbocycles. The Kier molecular flexibility index (Phi) is 5.14. The first-order valence-corrected chi connectivity index (χ1v) is 8.96. The van der Waals surface area contributed by atoms with E-state index in [1.807, 2.05) is 0 Å². The quantitative estimate of drug-likeness (QED) is 0.661. The van der Waals surface area contributed by atoms with Crippen molar-refractivity contribution < 1.29 is 22.3 Å². The molecule has 1 N–H and O–H groups in total. The van der Waals surface area contributed by atoms with E-state index in [1.165, 1.54) is 32.4 Å². The first-order valence-electron chi connectivity index (χ1n) is 7.48. The van der Waals surface area contributed by atoms with Gasteiger partial charge in [-0.3, -0.25) is 4.98 Å². The molecule has 10 heteroatoms. The van der Waals surface area contributed by atoms with Crippen LogP contribution < -0.4 is 14.2 Å². The number of hydrogen-bond donors (Lipinski definition) is 1. The van der Waals surface area contributed by atoms with Gasteiger partial charge < -0.3 is 13.9 Å². The van der Waals surface area contributed by atoms with Crippen LogP contribution in [0.2, 0.25) is 0 Å². The summed E-state index contributed by atoms with van der Waals surface area (Å²) in [5.74, 6) is 1.14. The standard InChI is InChI=1S/C16H16N4O5S/c1-23-13-6-5-12(8-14(13)24-2)26(21,22)18-10-15-19-20-16(25-15)11-4-3-7-17-9-11/h3-9,18H,10H2,1-2H3. The van der Waals surface area contributed by atoms with Gasteiger partial charge in [0.25, 0.3) is 0 Å². The van der Waals surface area contributed by atoms with Gasteiger partial charge >= 0.3 is 0 Å². The molecule has 3 aromatic rings. The summed E-state index contributed by atoms with van der Waals surface area (Å²) in [6.45, 7) is -0.149. The molecule has 0 spiro atoms. The average molecular weight is 376 g/mol.